The van der Waals surface area contributed by atoms with Gasteiger partial charge in [0.15, 0.2) is 0 Å². The van der Waals surface area contributed by atoms with E-state index in [0.29, 0.717) is 12.5 Å². The zero-order valence-corrected chi connectivity index (χ0v) is 14.2. The molecule has 1 unspecified atom stereocenters. The molecule has 0 aliphatic carbocycles. The van der Waals surface area contributed by atoms with Crippen LogP contribution in [0.4, 0.5) is 4.39 Å². The largest absolute Gasteiger partial charge is 0.489 e. The van der Waals surface area contributed by atoms with E-state index in [-0.39, 0.29) is 11.3 Å². The number of ether oxygens (including phenoxy) is 2. The summed E-state index contributed by atoms with van der Waals surface area (Å²) in [5.41, 5.74) is 2.14. The average molecular weight is 332 g/mol. The van der Waals surface area contributed by atoms with Gasteiger partial charge in [0.25, 0.3) is 0 Å². The number of halogens is 1. The van der Waals surface area contributed by atoms with E-state index in [0.717, 1.165) is 34.8 Å². The van der Waals surface area contributed by atoms with E-state index in [1.54, 1.807) is 17.8 Å². The van der Waals surface area contributed by atoms with Crippen molar-refractivity contribution in [3.05, 3.63) is 59.4 Å². The highest BCUT2D eigenvalue weighted by Crippen LogP contribution is 2.34. The summed E-state index contributed by atoms with van der Waals surface area (Å²) in [5, 5.41) is 0. The minimum absolute atomic E-state index is 0.213. The fourth-order valence-corrected chi connectivity index (χ4v) is 3.81. The van der Waals surface area contributed by atoms with Crippen molar-refractivity contribution in [2.45, 2.75) is 37.2 Å². The Kier molecular flexibility index (Phi) is 5.23. The molecule has 2 nitrogen and oxygen atoms in total. The summed E-state index contributed by atoms with van der Waals surface area (Å²) in [5.74, 6) is 1.24. The highest BCUT2D eigenvalue weighted by atomic mass is 32.2. The molecule has 23 heavy (non-hydrogen) atoms. The zero-order valence-electron chi connectivity index (χ0n) is 13.4. The van der Waals surface area contributed by atoms with Crippen molar-refractivity contribution < 1.29 is 13.9 Å². The standard InChI is InChI=1S/C19H21FO2S/c1-13-8-19(22-11-13)23-18-5-3-4-17(10-18)21-12-15-6-7-16(20)9-14(15)2/h3-7,9-10,13,19H,8,11-12H2,1-2H3/t13-,19?/m1/s1. The van der Waals surface area contributed by atoms with Crippen LogP contribution in [-0.4, -0.2) is 12.0 Å². The molecule has 122 valence electrons. The predicted octanol–water partition coefficient (Wildman–Crippen LogP) is 5.19. The zero-order chi connectivity index (χ0) is 16.2. The topological polar surface area (TPSA) is 18.5 Å². The SMILES string of the molecule is Cc1cc(F)ccc1COc1cccc(SC2C[C@@H](C)CO2)c1. The second-order valence-electron chi connectivity index (χ2n) is 6.06. The van der Waals surface area contributed by atoms with Gasteiger partial charge in [0.05, 0.1) is 6.61 Å². The summed E-state index contributed by atoms with van der Waals surface area (Å²) in [6.45, 7) is 5.40. The predicted molar refractivity (Wildman–Crippen MR) is 91.3 cm³/mol. The maximum Gasteiger partial charge on any atom is 0.123 e. The molecule has 3 rings (SSSR count). The van der Waals surface area contributed by atoms with Gasteiger partial charge in [-0.1, -0.05) is 30.8 Å². The lowest BCUT2D eigenvalue weighted by molar-refractivity contribution is 0.166. The van der Waals surface area contributed by atoms with Crippen LogP contribution in [0, 0.1) is 18.7 Å². The van der Waals surface area contributed by atoms with Crippen LogP contribution in [0.15, 0.2) is 47.4 Å². The third kappa shape index (κ3) is 4.49. The molecule has 0 saturated carbocycles. The van der Waals surface area contributed by atoms with Crippen molar-refractivity contribution in [3.63, 3.8) is 0 Å². The van der Waals surface area contributed by atoms with E-state index in [1.807, 2.05) is 25.1 Å². The van der Waals surface area contributed by atoms with E-state index < -0.39 is 0 Å². The molecule has 0 amide bonds. The molecule has 0 aromatic heterocycles. The maximum atomic E-state index is 13.1. The van der Waals surface area contributed by atoms with Gasteiger partial charge in [0.2, 0.25) is 0 Å². The molecular weight excluding hydrogens is 311 g/mol. The molecule has 0 radical (unpaired) electrons. The Hall–Kier alpha value is -1.52. The monoisotopic (exact) mass is 332 g/mol. The van der Waals surface area contributed by atoms with E-state index in [1.165, 1.54) is 12.1 Å². The Morgan fingerprint density at radius 1 is 1.26 bits per heavy atom. The Morgan fingerprint density at radius 3 is 2.87 bits per heavy atom. The van der Waals surface area contributed by atoms with Gasteiger partial charge < -0.3 is 9.47 Å². The summed E-state index contributed by atoms with van der Waals surface area (Å²) < 4.78 is 24.7. The van der Waals surface area contributed by atoms with Gasteiger partial charge in [-0.2, -0.15) is 0 Å². The lowest BCUT2D eigenvalue weighted by Crippen LogP contribution is -2.00. The molecule has 1 heterocycles. The first-order valence-electron chi connectivity index (χ1n) is 7.86. The maximum absolute atomic E-state index is 13.1. The lowest BCUT2D eigenvalue weighted by Gasteiger charge is -2.12. The van der Waals surface area contributed by atoms with Crippen molar-refractivity contribution in [1.29, 1.82) is 0 Å². The minimum Gasteiger partial charge on any atom is -0.489 e. The van der Waals surface area contributed by atoms with E-state index in [4.69, 9.17) is 9.47 Å². The van der Waals surface area contributed by atoms with E-state index >= 15 is 0 Å². The van der Waals surface area contributed by atoms with Crippen molar-refractivity contribution in [3.8, 4) is 5.75 Å². The Labute approximate surface area is 141 Å². The summed E-state index contributed by atoms with van der Waals surface area (Å²) in [6.07, 6.45) is 1.09. The first-order chi connectivity index (χ1) is 11.1. The highest BCUT2D eigenvalue weighted by molar-refractivity contribution is 7.99. The highest BCUT2D eigenvalue weighted by Gasteiger charge is 2.22. The van der Waals surface area contributed by atoms with Gasteiger partial charge in [-0.25, -0.2) is 4.39 Å². The summed E-state index contributed by atoms with van der Waals surface area (Å²) in [7, 11) is 0. The van der Waals surface area contributed by atoms with Crippen molar-refractivity contribution in [1.82, 2.24) is 0 Å². The van der Waals surface area contributed by atoms with E-state index in [2.05, 4.69) is 13.0 Å². The minimum atomic E-state index is -0.213. The van der Waals surface area contributed by atoms with Gasteiger partial charge in [-0.3, -0.25) is 0 Å². The molecule has 2 aromatic rings. The van der Waals surface area contributed by atoms with Crippen LogP contribution in [0.5, 0.6) is 5.75 Å². The fraction of sp³-hybridized carbons (Fsp3) is 0.368. The molecule has 1 aliphatic rings. The van der Waals surface area contributed by atoms with Gasteiger partial charge in [0, 0.05) is 4.90 Å². The Bertz CT molecular complexity index is 674. The second kappa shape index (κ2) is 7.37. The van der Waals surface area contributed by atoms with Gasteiger partial charge in [-0.15, -0.1) is 0 Å². The fourth-order valence-electron chi connectivity index (χ4n) is 2.59. The molecule has 2 aromatic carbocycles. The number of hydrogen-bond acceptors (Lipinski definition) is 3. The molecule has 1 aliphatic heterocycles. The summed E-state index contributed by atoms with van der Waals surface area (Å²) in [6, 6.07) is 12.8. The molecule has 1 fully saturated rings. The van der Waals surface area contributed by atoms with Crippen molar-refractivity contribution in [2.24, 2.45) is 5.92 Å². The number of benzene rings is 2. The molecule has 0 spiro atoms. The number of aryl methyl sites for hydroxylation is 1. The first kappa shape index (κ1) is 16.3. The average Bonchev–Trinajstić information content (AvgIpc) is 2.92. The molecule has 4 heteroatoms. The van der Waals surface area contributed by atoms with Gasteiger partial charge >= 0.3 is 0 Å². The van der Waals surface area contributed by atoms with Crippen LogP contribution in [-0.2, 0) is 11.3 Å². The van der Waals surface area contributed by atoms with Gasteiger partial charge in [-0.05, 0) is 60.7 Å². The van der Waals surface area contributed by atoms with Crippen molar-refractivity contribution >= 4 is 11.8 Å². The van der Waals surface area contributed by atoms with Crippen LogP contribution in [0.2, 0.25) is 0 Å². The first-order valence-corrected chi connectivity index (χ1v) is 8.74. The van der Waals surface area contributed by atoms with Crippen LogP contribution in [0.1, 0.15) is 24.5 Å². The summed E-state index contributed by atoms with van der Waals surface area (Å²) >= 11 is 1.74. The van der Waals surface area contributed by atoms with Crippen LogP contribution >= 0.6 is 11.8 Å². The smallest absolute Gasteiger partial charge is 0.123 e. The van der Waals surface area contributed by atoms with Crippen LogP contribution in [0.3, 0.4) is 0 Å². The third-order valence-corrected chi connectivity index (χ3v) is 5.05. The molecule has 1 saturated heterocycles. The Balaban J connectivity index is 1.61. The molecular formula is C19H21FO2S. The molecule has 0 bridgehead atoms. The summed E-state index contributed by atoms with van der Waals surface area (Å²) in [4.78, 5) is 1.15. The van der Waals surface area contributed by atoms with Crippen molar-refractivity contribution in [2.75, 3.05) is 6.61 Å². The van der Waals surface area contributed by atoms with E-state index in [9.17, 15) is 4.39 Å². The number of rotatable bonds is 5. The normalized spacial score (nSPS) is 20.7. The van der Waals surface area contributed by atoms with Crippen LogP contribution in [0.25, 0.3) is 0 Å². The number of thioether (sulfide) groups is 1. The lowest BCUT2D eigenvalue weighted by atomic mass is 10.1. The molecule has 2 atom stereocenters. The van der Waals surface area contributed by atoms with Crippen LogP contribution < -0.4 is 4.74 Å². The molecule has 0 N–H and O–H groups in total. The quantitative estimate of drug-likeness (QED) is 0.751. The number of hydrogen-bond donors (Lipinski definition) is 0. The Morgan fingerprint density at radius 2 is 2.13 bits per heavy atom. The third-order valence-electron chi connectivity index (χ3n) is 3.93. The van der Waals surface area contributed by atoms with Gasteiger partial charge in [0.1, 0.15) is 23.6 Å². The second-order valence-corrected chi connectivity index (χ2v) is 7.29.